The van der Waals surface area contributed by atoms with E-state index in [0.29, 0.717) is 15.9 Å². The number of amides is 1. The number of fused-ring (bicyclic) bond motifs is 1. The molecule has 8 heteroatoms. The van der Waals surface area contributed by atoms with Gasteiger partial charge in [-0.15, -0.1) is 10.2 Å². The van der Waals surface area contributed by atoms with Crippen molar-refractivity contribution in [1.29, 1.82) is 0 Å². The molecule has 1 amide bonds. The molecule has 0 saturated carbocycles. The van der Waals surface area contributed by atoms with Gasteiger partial charge in [0.1, 0.15) is 5.58 Å². The molecule has 0 aliphatic rings. The summed E-state index contributed by atoms with van der Waals surface area (Å²) in [5, 5.41) is 13.1. The minimum Gasteiger partial charge on any atom is -0.450 e. The van der Waals surface area contributed by atoms with Crippen molar-refractivity contribution in [2.45, 2.75) is 30.9 Å². The van der Waals surface area contributed by atoms with Gasteiger partial charge in [-0.3, -0.25) is 10.1 Å². The van der Waals surface area contributed by atoms with Crippen molar-refractivity contribution in [2.24, 2.45) is 0 Å². The molecule has 148 valence electrons. The second kappa shape index (κ2) is 8.18. The first-order chi connectivity index (χ1) is 13.9. The fraction of sp³-hybridized carbons (Fsp3) is 0.190. The number of aromatic nitrogens is 2. The van der Waals surface area contributed by atoms with Gasteiger partial charge in [-0.05, 0) is 55.7 Å². The summed E-state index contributed by atoms with van der Waals surface area (Å²) < 4.78 is 6.65. The van der Waals surface area contributed by atoms with Crippen LogP contribution in [-0.2, 0) is 5.75 Å². The average Bonchev–Trinajstić information content (AvgIpc) is 3.26. The van der Waals surface area contributed by atoms with E-state index in [4.69, 9.17) is 16.0 Å². The highest BCUT2D eigenvalue weighted by Crippen LogP contribution is 2.31. The van der Waals surface area contributed by atoms with Gasteiger partial charge in [0.15, 0.2) is 10.1 Å². The van der Waals surface area contributed by atoms with E-state index in [0.717, 1.165) is 43.3 Å². The van der Waals surface area contributed by atoms with Crippen LogP contribution >= 0.6 is 34.7 Å². The SMILES string of the molecule is Cc1cc(C)c2oc(C(=O)Nc3nnc(SCc4ccc(Cl)cc4)s3)c(C)c2c1. The second-order valence-corrected chi connectivity index (χ2v) is 9.39. The van der Waals surface area contributed by atoms with Crippen LogP contribution in [0.5, 0.6) is 0 Å². The Morgan fingerprint density at radius 1 is 1.17 bits per heavy atom. The highest BCUT2D eigenvalue weighted by Gasteiger charge is 2.20. The molecule has 5 nitrogen and oxygen atoms in total. The van der Waals surface area contributed by atoms with Crippen LogP contribution < -0.4 is 5.32 Å². The van der Waals surface area contributed by atoms with Crippen LogP contribution in [0.1, 0.15) is 32.8 Å². The lowest BCUT2D eigenvalue weighted by Crippen LogP contribution is -2.11. The largest absolute Gasteiger partial charge is 0.450 e. The van der Waals surface area contributed by atoms with E-state index in [1.807, 2.05) is 57.2 Å². The van der Waals surface area contributed by atoms with E-state index in [1.165, 1.54) is 11.3 Å². The first-order valence-corrected chi connectivity index (χ1v) is 11.1. The molecule has 1 N–H and O–H groups in total. The van der Waals surface area contributed by atoms with E-state index in [9.17, 15) is 4.79 Å². The molecule has 2 heterocycles. The summed E-state index contributed by atoms with van der Waals surface area (Å²) in [6.07, 6.45) is 0. The number of rotatable bonds is 5. The molecular weight excluding hydrogens is 426 g/mol. The van der Waals surface area contributed by atoms with Crippen molar-refractivity contribution in [3.8, 4) is 0 Å². The van der Waals surface area contributed by atoms with E-state index < -0.39 is 0 Å². The number of nitrogens with one attached hydrogen (secondary N) is 1. The van der Waals surface area contributed by atoms with Crippen LogP contribution in [0.25, 0.3) is 11.0 Å². The zero-order valence-electron chi connectivity index (χ0n) is 16.1. The van der Waals surface area contributed by atoms with E-state index >= 15 is 0 Å². The standard InChI is InChI=1S/C21H18ClN3O2S2/c1-11-8-12(2)17-16(9-11)13(3)18(27-17)19(26)23-20-24-25-21(29-20)28-10-14-4-6-15(22)7-5-14/h4-9H,10H2,1-3H3,(H,23,24,26). The molecular formula is C21H18ClN3O2S2. The van der Waals surface area contributed by atoms with Gasteiger partial charge in [0.05, 0.1) is 0 Å². The monoisotopic (exact) mass is 443 g/mol. The van der Waals surface area contributed by atoms with Gasteiger partial charge < -0.3 is 4.42 Å². The normalized spacial score (nSPS) is 11.2. The molecule has 4 aromatic rings. The zero-order chi connectivity index (χ0) is 20.5. The molecule has 29 heavy (non-hydrogen) atoms. The number of anilines is 1. The number of halogens is 1. The molecule has 0 spiro atoms. The Hall–Kier alpha value is -2.35. The Morgan fingerprint density at radius 2 is 1.93 bits per heavy atom. The minimum absolute atomic E-state index is 0.305. The Balaban J connectivity index is 1.46. The van der Waals surface area contributed by atoms with Crippen molar-refractivity contribution in [1.82, 2.24) is 10.2 Å². The Kier molecular flexibility index (Phi) is 5.63. The van der Waals surface area contributed by atoms with Gasteiger partial charge in [0.25, 0.3) is 5.91 Å². The third-order valence-corrected chi connectivity index (χ3v) is 6.77. The molecule has 0 aliphatic heterocycles. The first-order valence-electron chi connectivity index (χ1n) is 8.93. The quantitative estimate of drug-likeness (QED) is 0.285. The summed E-state index contributed by atoms with van der Waals surface area (Å²) >= 11 is 8.81. The van der Waals surface area contributed by atoms with Gasteiger partial charge >= 0.3 is 0 Å². The maximum atomic E-state index is 12.7. The highest BCUT2D eigenvalue weighted by molar-refractivity contribution is 8.00. The van der Waals surface area contributed by atoms with Crippen molar-refractivity contribution < 1.29 is 9.21 Å². The zero-order valence-corrected chi connectivity index (χ0v) is 18.5. The molecule has 2 aromatic carbocycles. The van der Waals surface area contributed by atoms with Crippen LogP contribution in [0.2, 0.25) is 5.02 Å². The molecule has 0 saturated heterocycles. The summed E-state index contributed by atoms with van der Waals surface area (Å²) in [6, 6.07) is 11.8. The van der Waals surface area contributed by atoms with E-state index in [-0.39, 0.29) is 5.91 Å². The molecule has 4 rings (SSSR count). The predicted octanol–water partition coefficient (Wildman–Crippen LogP) is 6.41. The van der Waals surface area contributed by atoms with Gasteiger partial charge in [-0.25, -0.2) is 0 Å². The number of furan rings is 1. The highest BCUT2D eigenvalue weighted by atomic mass is 35.5. The number of benzene rings is 2. The predicted molar refractivity (Wildman–Crippen MR) is 119 cm³/mol. The number of aryl methyl sites for hydroxylation is 3. The molecule has 0 aliphatic carbocycles. The topological polar surface area (TPSA) is 68.0 Å². The van der Waals surface area contributed by atoms with Crippen LogP contribution in [0.3, 0.4) is 0 Å². The Bertz CT molecular complexity index is 1200. The summed E-state index contributed by atoms with van der Waals surface area (Å²) in [4.78, 5) is 12.7. The molecule has 0 unspecified atom stereocenters. The summed E-state index contributed by atoms with van der Waals surface area (Å²) in [5.74, 6) is 0.738. The first kappa shape index (κ1) is 19.9. The number of nitrogens with zero attached hydrogens (tertiary/aromatic N) is 2. The summed E-state index contributed by atoms with van der Waals surface area (Å²) in [5.41, 5.74) is 4.86. The van der Waals surface area contributed by atoms with E-state index in [2.05, 4.69) is 15.5 Å². The smallest absolute Gasteiger partial charge is 0.293 e. The van der Waals surface area contributed by atoms with Crippen molar-refractivity contribution in [3.63, 3.8) is 0 Å². The molecule has 0 radical (unpaired) electrons. The van der Waals surface area contributed by atoms with Gasteiger partial charge in [-0.1, -0.05) is 52.9 Å². The number of carbonyl (C=O) groups excluding carboxylic acids is 1. The Labute approximate surface area is 181 Å². The van der Waals surface area contributed by atoms with Crippen molar-refractivity contribution >= 4 is 56.7 Å². The number of hydrogen-bond donors (Lipinski definition) is 1. The lowest BCUT2D eigenvalue weighted by molar-refractivity contribution is 0.0998. The lowest BCUT2D eigenvalue weighted by Gasteiger charge is -1.99. The maximum absolute atomic E-state index is 12.7. The van der Waals surface area contributed by atoms with Crippen LogP contribution in [0, 0.1) is 20.8 Å². The van der Waals surface area contributed by atoms with Gasteiger partial charge in [-0.2, -0.15) is 0 Å². The fourth-order valence-corrected chi connectivity index (χ4v) is 4.91. The fourth-order valence-electron chi connectivity index (χ4n) is 3.08. The summed E-state index contributed by atoms with van der Waals surface area (Å²) in [7, 11) is 0. The van der Waals surface area contributed by atoms with Crippen molar-refractivity contribution in [3.05, 3.63) is 69.4 Å². The third-order valence-electron chi connectivity index (χ3n) is 4.48. The lowest BCUT2D eigenvalue weighted by atomic mass is 10.1. The minimum atomic E-state index is -0.318. The van der Waals surface area contributed by atoms with Crippen molar-refractivity contribution in [2.75, 3.05) is 5.32 Å². The molecule has 0 fully saturated rings. The molecule has 0 atom stereocenters. The number of hydrogen-bond acceptors (Lipinski definition) is 6. The van der Waals surface area contributed by atoms with Crippen LogP contribution in [0.15, 0.2) is 45.2 Å². The number of thioether (sulfide) groups is 1. The summed E-state index contributed by atoms with van der Waals surface area (Å²) in [6.45, 7) is 5.91. The third kappa shape index (κ3) is 4.32. The van der Waals surface area contributed by atoms with Crippen LogP contribution in [0.4, 0.5) is 5.13 Å². The maximum Gasteiger partial charge on any atom is 0.293 e. The number of carbonyl (C=O) groups is 1. The average molecular weight is 444 g/mol. The molecule has 2 aromatic heterocycles. The van der Waals surface area contributed by atoms with E-state index in [1.54, 1.807) is 11.8 Å². The molecule has 0 bridgehead atoms. The Morgan fingerprint density at radius 3 is 2.69 bits per heavy atom. The second-order valence-electron chi connectivity index (χ2n) is 6.76. The van der Waals surface area contributed by atoms with Gasteiger partial charge in [0.2, 0.25) is 5.13 Å². The van der Waals surface area contributed by atoms with Gasteiger partial charge in [0, 0.05) is 21.7 Å². The van der Waals surface area contributed by atoms with Crippen LogP contribution in [-0.4, -0.2) is 16.1 Å².